The van der Waals surface area contributed by atoms with Gasteiger partial charge in [0.15, 0.2) is 5.65 Å². The first-order valence-corrected chi connectivity index (χ1v) is 10.2. The number of fused-ring (bicyclic) bond motifs is 1. The second-order valence-corrected chi connectivity index (χ2v) is 7.97. The number of likely N-dealkylation sites (tertiary alicyclic amines) is 1. The predicted molar refractivity (Wildman–Crippen MR) is 106 cm³/mol. The van der Waals surface area contributed by atoms with Crippen LogP contribution in [0.25, 0.3) is 22.6 Å². The van der Waals surface area contributed by atoms with Gasteiger partial charge in [0.05, 0.1) is 23.9 Å². The second kappa shape index (κ2) is 7.00. The molecule has 0 atom stereocenters. The summed E-state index contributed by atoms with van der Waals surface area (Å²) >= 11 is 0. The first-order chi connectivity index (χ1) is 13.3. The van der Waals surface area contributed by atoms with Crippen LogP contribution in [0.1, 0.15) is 44.6 Å². The first kappa shape index (κ1) is 16.8. The van der Waals surface area contributed by atoms with Gasteiger partial charge in [0.2, 0.25) is 0 Å². The summed E-state index contributed by atoms with van der Waals surface area (Å²) in [5.74, 6) is 1.80. The lowest BCUT2D eigenvalue weighted by Crippen LogP contribution is -2.31. The number of H-pyrrole nitrogens is 1. The van der Waals surface area contributed by atoms with Crippen LogP contribution in [0.15, 0.2) is 30.5 Å². The van der Waals surface area contributed by atoms with E-state index in [0.29, 0.717) is 12.1 Å². The molecule has 1 N–H and O–H groups in total. The zero-order chi connectivity index (χ0) is 18.2. The lowest BCUT2D eigenvalue weighted by molar-refractivity contribution is 0.211. The summed E-state index contributed by atoms with van der Waals surface area (Å²) < 4.78 is 8.42. The number of imidazole rings is 1. The summed E-state index contributed by atoms with van der Waals surface area (Å²) in [6.45, 7) is 2.22. The Labute approximate surface area is 159 Å². The summed E-state index contributed by atoms with van der Waals surface area (Å²) in [6.07, 6.45) is 9.33. The number of hydrogen-bond acceptors (Lipinski definition) is 4. The van der Waals surface area contributed by atoms with E-state index in [1.54, 1.807) is 0 Å². The predicted octanol–water partition coefficient (Wildman–Crippen LogP) is 4.01. The Balaban J connectivity index is 1.46. The summed E-state index contributed by atoms with van der Waals surface area (Å²) in [4.78, 5) is 10.8. The van der Waals surface area contributed by atoms with E-state index in [1.807, 2.05) is 18.3 Å². The maximum Gasteiger partial charge on any atom is 0.177 e. The van der Waals surface area contributed by atoms with Gasteiger partial charge in [-0.1, -0.05) is 12.1 Å². The van der Waals surface area contributed by atoms with Crippen molar-refractivity contribution < 1.29 is 4.74 Å². The molecule has 6 heteroatoms. The summed E-state index contributed by atoms with van der Waals surface area (Å²) in [5.41, 5.74) is 2.99. The van der Waals surface area contributed by atoms with Gasteiger partial charge in [-0.05, 0) is 70.8 Å². The molecule has 3 aromatic rings. The zero-order valence-corrected chi connectivity index (χ0v) is 15.9. The van der Waals surface area contributed by atoms with Gasteiger partial charge in [-0.15, -0.1) is 0 Å². The van der Waals surface area contributed by atoms with Crippen molar-refractivity contribution in [2.24, 2.45) is 0 Å². The zero-order valence-electron chi connectivity index (χ0n) is 15.9. The quantitative estimate of drug-likeness (QED) is 0.759. The lowest BCUT2D eigenvalue weighted by Gasteiger charge is -2.28. The smallest absolute Gasteiger partial charge is 0.177 e. The van der Waals surface area contributed by atoms with Crippen molar-refractivity contribution in [2.75, 3.05) is 20.1 Å². The largest absolute Gasteiger partial charge is 0.490 e. The fourth-order valence-electron chi connectivity index (χ4n) is 4.40. The van der Waals surface area contributed by atoms with E-state index in [0.717, 1.165) is 67.1 Å². The van der Waals surface area contributed by atoms with Crippen LogP contribution in [0.4, 0.5) is 0 Å². The molecule has 0 radical (unpaired) electrons. The van der Waals surface area contributed by atoms with E-state index >= 15 is 0 Å². The van der Waals surface area contributed by atoms with E-state index in [-0.39, 0.29) is 0 Å². The van der Waals surface area contributed by atoms with Crippen LogP contribution in [0, 0.1) is 0 Å². The molecule has 1 saturated heterocycles. The topological polar surface area (TPSA) is 59.0 Å². The summed E-state index contributed by atoms with van der Waals surface area (Å²) in [6, 6.07) is 8.67. The highest BCUT2D eigenvalue weighted by Gasteiger charge is 2.23. The molecule has 0 unspecified atom stereocenters. The molecule has 0 amide bonds. The number of aromatic amines is 1. The van der Waals surface area contributed by atoms with Gasteiger partial charge >= 0.3 is 0 Å². The number of nitrogens with zero attached hydrogens (tertiary/aromatic N) is 4. The fourth-order valence-corrected chi connectivity index (χ4v) is 4.40. The maximum atomic E-state index is 6.30. The molecule has 27 heavy (non-hydrogen) atoms. The van der Waals surface area contributed by atoms with E-state index < -0.39 is 0 Å². The van der Waals surface area contributed by atoms with Gasteiger partial charge in [-0.2, -0.15) is 5.10 Å². The molecule has 0 bridgehead atoms. The standard InChI is InChI=1S/C21H27N5O/c1-25-12-10-15(11-13-25)26-21-18(14-22-26)23-20(24-21)17-8-4-5-9-19(17)27-16-6-2-3-7-16/h4-5,8-9,14-16H,2-3,6-7,10-13H2,1H3,(H,23,24). The molecular weight excluding hydrogens is 338 g/mol. The molecule has 1 aromatic carbocycles. The highest BCUT2D eigenvalue weighted by molar-refractivity contribution is 5.77. The minimum atomic E-state index is 0.338. The number of para-hydroxylation sites is 1. The molecule has 0 spiro atoms. The fraction of sp³-hybridized carbons (Fsp3) is 0.524. The van der Waals surface area contributed by atoms with Crippen molar-refractivity contribution in [3.63, 3.8) is 0 Å². The van der Waals surface area contributed by atoms with Crippen molar-refractivity contribution in [1.29, 1.82) is 0 Å². The molecule has 6 nitrogen and oxygen atoms in total. The molecule has 1 saturated carbocycles. The Morgan fingerprint density at radius 2 is 1.85 bits per heavy atom. The number of aromatic nitrogens is 4. The number of piperidine rings is 1. The Kier molecular flexibility index (Phi) is 4.36. The Hall–Kier alpha value is -2.34. The average molecular weight is 365 g/mol. The minimum Gasteiger partial charge on any atom is -0.490 e. The average Bonchev–Trinajstić information content (AvgIpc) is 3.40. The summed E-state index contributed by atoms with van der Waals surface area (Å²) in [5, 5.41) is 4.62. The maximum absolute atomic E-state index is 6.30. The third kappa shape index (κ3) is 3.23. The minimum absolute atomic E-state index is 0.338. The first-order valence-electron chi connectivity index (χ1n) is 10.2. The molecule has 142 valence electrons. The van der Waals surface area contributed by atoms with Crippen molar-refractivity contribution in [1.82, 2.24) is 24.6 Å². The molecule has 1 aliphatic carbocycles. The van der Waals surface area contributed by atoms with Gasteiger partial charge in [-0.3, -0.25) is 0 Å². The number of benzene rings is 1. The monoisotopic (exact) mass is 365 g/mol. The van der Waals surface area contributed by atoms with Crippen LogP contribution in [-0.2, 0) is 0 Å². The van der Waals surface area contributed by atoms with Gasteiger partial charge < -0.3 is 14.6 Å². The number of nitrogens with one attached hydrogen (secondary N) is 1. The van der Waals surface area contributed by atoms with Crippen molar-refractivity contribution in [3.8, 4) is 17.1 Å². The van der Waals surface area contributed by atoms with Crippen molar-refractivity contribution in [2.45, 2.75) is 50.7 Å². The van der Waals surface area contributed by atoms with Crippen LogP contribution in [0.2, 0.25) is 0 Å². The van der Waals surface area contributed by atoms with Gasteiger partial charge in [0, 0.05) is 0 Å². The number of rotatable bonds is 4. The van der Waals surface area contributed by atoms with E-state index in [4.69, 9.17) is 9.72 Å². The molecule has 1 aliphatic heterocycles. The van der Waals surface area contributed by atoms with Crippen LogP contribution in [-0.4, -0.2) is 50.9 Å². The second-order valence-electron chi connectivity index (χ2n) is 7.97. The highest BCUT2D eigenvalue weighted by Crippen LogP contribution is 2.33. The molecule has 3 heterocycles. The van der Waals surface area contributed by atoms with Crippen LogP contribution in [0.5, 0.6) is 5.75 Å². The van der Waals surface area contributed by atoms with E-state index in [9.17, 15) is 0 Å². The van der Waals surface area contributed by atoms with Gasteiger partial charge in [0.1, 0.15) is 17.1 Å². The third-order valence-corrected chi connectivity index (χ3v) is 6.01. The molecular formula is C21H27N5O. The third-order valence-electron chi connectivity index (χ3n) is 6.01. The van der Waals surface area contributed by atoms with Gasteiger partial charge in [0.25, 0.3) is 0 Å². The Morgan fingerprint density at radius 1 is 1.07 bits per heavy atom. The van der Waals surface area contributed by atoms with Crippen LogP contribution < -0.4 is 4.74 Å². The SMILES string of the molecule is CN1CCC(n2ncc3[nH]c(-c4ccccc4OC4CCCC4)nc32)CC1. The lowest BCUT2D eigenvalue weighted by atomic mass is 10.1. The number of ether oxygens (including phenoxy) is 1. The highest BCUT2D eigenvalue weighted by atomic mass is 16.5. The molecule has 2 aromatic heterocycles. The van der Waals surface area contributed by atoms with E-state index in [2.05, 4.69) is 38.8 Å². The van der Waals surface area contributed by atoms with Crippen molar-refractivity contribution >= 4 is 11.2 Å². The van der Waals surface area contributed by atoms with Crippen molar-refractivity contribution in [3.05, 3.63) is 30.5 Å². The van der Waals surface area contributed by atoms with Crippen LogP contribution in [0.3, 0.4) is 0 Å². The normalized spacial score (nSPS) is 19.9. The molecule has 2 aliphatic rings. The summed E-state index contributed by atoms with van der Waals surface area (Å²) in [7, 11) is 2.18. The van der Waals surface area contributed by atoms with E-state index in [1.165, 1.54) is 12.8 Å². The molecule has 5 rings (SSSR count). The Bertz CT molecular complexity index is 916. The Morgan fingerprint density at radius 3 is 2.67 bits per heavy atom. The van der Waals surface area contributed by atoms with Crippen LogP contribution >= 0.6 is 0 Å². The molecule has 2 fully saturated rings. The number of hydrogen-bond donors (Lipinski definition) is 1. The van der Waals surface area contributed by atoms with Gasteiger partial charge in [-0.25, -0.2) is 9.67 Å².